The molecule has 4 heteroatoms. The minimum Gasteiger partial charge on any atom is -0.467 e. The number of ether oxygens (including phenoxy) is 2. The first-order valence-electron chi connectivity index (χ1n) is 5.93. The first-order chi connectivity index (χ1) is 8.15. The summed E-state index contributed by atoms with van der Waals surface area (Å²) in [6, 6.07) is 3.93. The number of fused-ring (bicyclic) bond motifs is 1. The Hall–Kier alpha value is -0.770. The minimum atomic E-state index is 0.0342. The van der Waals surface area contributed by atoms with E-state index in [0.717, 1.165) is 34.7 Å². The van der Waals surface area contributed by atoms with Crippen LogP contribution in [0.1, 0.15) is 30.9 Å². The fourth-order valence-corrected chi connectivity index (χ4v) is 3.10. The molecular weight excluding hydrogens is 238 g/mol. The van der Waals surface area contributed by atoms with Gasteiger partial charge < -0.3 is 15.2 Å². The number of hydrogen-bond acceptors (Lipinski definition) is 3. The van der Waals surface area contributed by atoms with E-state index < -0.39 is 0 Å². The molecule has 0 amide bonds. The van der Waals surface area contributed by atoms with Gasteiger partial charge in [-0.15, -0.1) is 0 Å². The van der Waals surface area contributed by atoms with E-state index in [1.807, 2.05) is 19.1 Å². The zero-order valence-corrected chi connectivity index (χ0v) is 10.6. The van der Waals surface area contributed by atoms with Crippen molar-refractivity contribution < 1.29 is 9.47 Å². The van der Waals surface area contributed by atoms with Gasteiger partial charge in [0.2, 0.25) is 0 Å². The highest BCUT2D eigenvalue weighted by Gasteiger charge is 2.50. The summed E-state index contributed by atoms with van der Waals surface area (Å²) in [7, 11) is 0. The fraction of sp³-hybridized carbons (Fsp3) is 0.538. The minimum absolute atomic E-state index is 0.0342. The van der Waals surface area contributed by atoms with Crippen LogP contribution in [0, 0.1) is 0 Å². The molecule has 2 aliphatic rings. The molecule has 3 rings (SSSR count). The van der Waals surface area contributed by atoms with Gasteiger partial charge in [-0.3, -0.25) is 0 Å². The van der Waals surface area contributed by atoms with Crippen LogP contribution in [0.4, 0.5) is 0 Å². The molecule has 0 spiro atoms. The van der Waals surface area contributed by atoms with Gasteiger partial charge in [-0.1, -0.05) is 11.6 Å². The molecule has 17 heavy (non-hydrogen) atoms. The van der Waals surface area contributed by atoms with Crippen molar-refractivity contribution in [3.8, 4) is 5.75 Å². The topological polar surface area (TPSA) is 44.5 Å². The Labute approximate surface area is 106 Å². The van der Waals surface area contributed by atoms with Gasteiger partial charge in [0.05, 0.1) is 6.61 Å². The van der Waals surface area contributed by atoms with Crippen molar-refractivity contribution >= 4 is 11.6 Å². The highest BCUT2D eigenvalue weighted by molar-refractivity contribution is 6.31. The predicted molar refractivity (Wildman–Crippen MR) is 66.3 cm³/mol. The molecular formula is C13H16ClNO2. The lowest BCUT2D eigenvalue weighted by molar-refractivity contribution is -0.0171. The van der Waals surface area contributed by atoms with Crippen molar-refractivity contribution in [1.82, 2.24) is 0 Å². The summed E-state index contributed by atoms with van der Waals surface area (Å²) in [5.41, 5.74) is 8.39. The van der Waals surface area contributed by atoms with Crippen molar-refractivity contribution in [1.29, 1.82) is 0 Å². The molecule has 1 unspecified atom stereocenters. The lowest BCUT2D eigenvalue weighted by atomic mass is 9.85. The molecule has 2 N–H and O–H groups in total. The molecule has 0 bridgehead atoms. The van der Waals surface area contributed by atoms with Gasteiger partial charge in [0.25, 0.3) is 0 Å². The van der Waals surface area contributed by atoms with E-state index in [-0.39, 0.29) is 11.5 Å². The average Bonchev–Trinajstić information content (AvgIpc) is 3.10. The van der Waals surface area contributed by atoms with Crippen LogP contribution in [0.2, 0.25) is 5.02 Å². The Balaban J connectivity index is 2.15. The smallest absolute Gasteiger partial charge is 0.189 e. The van der Waals surface area contributed by atoms with Gasteiger partial charge in [-0.25, -0.2) is 0 Å². The predicted octanol–water partition coefficient (Wildman–Crippen LogP) is 2.59. The van der Waals surface area contributed by atoms with Crippen molar-refractivity contribution in [3.63, 3.8) is 0 Å². The average molecular weight is 254 g/mol. The molecule has 1 saturated carbocycles. The molecule has 0 saturated heterocycles. The number of halogens is 1. The van der Waals surface area contributed by atoms with E-state index in [4.69, 9.17) is 26.8 Å². The molecule has 1 aromatic rings. The van der Waals surface area contributed by atoms with Gasteiger partial charge >= 0.3 is 0 Å². The Morgan fingerprint density at radius 1 is 1.41 bits per heavy atom. The zero-order valence-electron chi connectivity index (χ0n) is 9.83. The largest absolute Gasteiger partial charge is 0.467 e. The van der Waals surface area contributed by atoms with Gasteiger partial charge in [0, 0.05) is 22.0 Å². The molecule has 0 radical (unpaired) electrons. The normalized spacial score (nSPS) is 22.5. The summed E-state index contributed by atoms with van der Waals surface area (Å²) in [5, 5.41) is 0.785. The Bertz CT molecular complexity index is 455. The second-order valence-corrected chi connectivity index (χ2v) is 5.36. The standard InChI is InChI=1S/C13H16ClNO2/c1-8(15)13(4-5-13)12-9-6-16-7-17-11(9)3-2-10(12)14/h2-3,8H,4-7,15H2,1H3. The second-order valence-electron chi connectivity index (χ2n) is 4.95. The Morgan fingerprint density at radius 2 is 2.18 bits per heavy atom. The molecule has 3 nitrogen and oxygen atoms in total. The number of hydrogen-bond donors (Lipinski definition) is 1. The highest BCUT2D eigenvalue weighted by Crippen LogP contribution is 2.55. The lowest BCUT2D eigenvalue weighted by Crippen LogP contribution is -2.33. The monoisotopic (exact) mass is 253 g/mol. The van der Waals surface area contributed by atoms with E-state index >= 15 is 0 Å². The van der Waals surface area contributed by atoms with Gasteiger partial charge in [0.15, 0.2) is 6.79 Å². The van der Waals surface area contributed by atoms with Crippen LogP contribution in [0.5, 0.6) is 5.75 Å². The summed E-state index contributed by atoms with van der Waals surface area (Å²) in [5.74, 6) is 0.891. The molecule has 1 heterocycles. The van der Waals surface area contributed by atoms with Gasteiger partial charge in [0.1, 0.15) is 5.75 Å². The van der Waals surface area contributed by atoms with Crippen LogP contribution in [0.25, 0.3) is 0 Å². The molecule has 1 aromatic carbocycles. The number of nitrogens with two attached hydrogens (primary N) is 1. The van der Waals surface area contributed by atoms with E-state index in [9.17, 15) is 0 Å². The molecule has 0 aromatic heterocycles. The SMILES string of the molecule is CC(N)C1(c2c(Cl)ccc3c2COCO3)CC1. The van der Waals surface area contributed by atoms with Crippen LogP contribution in [0.15, 0.2) is 12.1 Å². The zero-order chi connectivity index (χ0) is 12.0. The molecule has 1 aliphatic heterocycles. The van der Waals surface area contributed by atoms with Gasteiger partial charge in [-0.2, -0.15) is 0 Å². The summed E-state index contributed by atoms with van der Waals surface area (Å²) in [4.78, 5) is 0. The molecule has 1 aliphatic carbocycles. The van der Waals surface area contributed by atoms with E-state index in [1.165, 1.54) is 0 Å². The quantitative estimate of drug-likeness (QED) is 0.881. The van der Waals surface area contributed by atoms with Crippen LogP contribution in [-0.2, 0) is 16.8 Å². The summed E-state index contributed by atoms with van der Waals surface area (Å²) < 4.78 is 10.9. The first-order valence-corrected chi connectivity index (χ1v) is 6.31. The van der Waals surface area contributed by atoms with Crippen molar-refractivity contribution in [3.05, 3.63) is 28.3 Å². The highest BCUT2D eigenvalue weighted by atomic mass is 35.5. The maximum absolute atomic E-state index is 6.36. The van der Waals surface area contributed by atoms with Crippen molar-refractivity contribution in [2.75, 3.05) is 6.79 Å². The maximum atomic E-state index is 6.36. The third kappa shape index (κ3) is 1.65. The third-order valence-corrected chi connectivity index (χ3v) is 4.24. The molecule has 1 atom stereocenters. The van der Waals surface area contributed by atoms with Crippen LogP contribution < -0.4 is 10.5 Å². The Morgan fingerprint density at radius 3 is 2.82 bits per heavy atom. The lowest BCUT2D eigenvalue weighted by Gasteiger charge is -2.28. The fourth-order valence-electron chi connectivity index (χ4n) is 2.73. The summed E-state index contributed by atoms with van der Waals surface area (Å²) in [6.45, 7) is 2.94. The maximum Gasteiger partial charge on any atom is 0.189 e. The Kier molecular flexibility index (Phi) is 2.58. The number of benzene rings is 1. The van der Waals surface area contributed by atoms with E-state index in [1.54, 1.807) is 0 Å². The molecule has 92 valence electrons. The third-order valence-electron chi connectivity index (χ3n) is 3.92. The second kappa shape index (κ2) is 3.87. The van der Waals surface area contributed by atoms with Gasteiger partial charge in [-0.05, 0) is 37.5 Å². The van der Waals surface area contributed by atoms with Crippen LogP contribution in [-0.4, -0.2) is 12.8 Å². The van der Waals surface area contributed by atoms with E-state index in [0.29, 0.717) is 13.4 Å². The molecule has 1 fully saturated rings. The first kappa shape index (κ1) is 11.3. The number of rotatable bonds is 2. The van der Waals surface area contributed by atoms with Crippen LogP contribution in [0.3, 0.4) is 0 Å². The summed E-state index contributed by atoms with van der Waals surface area (Å²) >= 11 is 6.36. The summed E-state index contributed by atoms with van der Waals surface area (Å²) in [6.07, 6.45) is 2.20. The van der Waals surface area contributed by atoms with Crippen molar-refractivity contribution in [2.24, 2.45) is 5.73 Å². The van der Waals surface area contributed by atoms with Crippen LogP contribution >= 0.6 is 11.6 Å². The van der Waals surface area contributed by atoms with Crippen molar-refractivity contribution in [2.45, 2.75) is 37.8 Å². The van der Waals surface area contributed by atoms with E-state index in [2.05, 4.69) is 0 Å².